The summed E-state index contributed by atoms with van der Waals surface area (Å²) < 4.78 is 34.7. The summed E-state index contributed by atoms with van der Waals surface area (Å²) in [5.74, 6) is -0.847. The molecular formula is C23H23ClF2N4O2S. The molecule has 174 valence electrons. The zero-order valence-electron chi connectivity index (χ0n) is 18.4. The molecule has 0 fully saturated rings. The fraction of sp³-hybridized carbons (Fsp3) is 0.261. The molecule has 3 aromatic rings. The summed E-state index contributed by atoms with van der Waals surface area (Å²) in [5, 5.41) is 12.0. The smallest absolute Gasteiger partial charge is 0.234 e. The van der Waals surface area contributed by atoms with Gasteiger partial charge in [0.15, 0.2) is 17.1 Å². The second-order valence-electron chi connectivity index (χ2n) is 7.33. The summed E-state index contributed by atoms with van der Waals surface area (Å²) in [7, 11) is 0. The lowest BCUT2D eigenvalue weighted by Crippen LogP contribution is -2.16. The van der Waals surface area contributed by atoms with Crippen molar-refractivity contribution >= 4 is 35.0 Å². The molecule has 2 aromatic carbocycles. The molecule has 0 saturated heterocycles. The highest BCUT2D eigenvalue weighted by Gasteiger charge is 2.20. The Balaban J connectivity index is 1.70. The van der Waals surface area contributed by atoms with Crippen LogP contribution in [0.1, 0.15) is 30.0 Å². The Morgan fingerprint density at radius 3 is 2.61 bits per heavy atom. The molecule has 0 saturated carbocycles. The van der Waals surface area contributed by atoms with Gasteiger partial charge in [-0.2, -0.15) is 0 Å². The number of carbonyl (C=O) groups excluding carboxylic acids is 1. The van der Waals surface area contributed by atoms with Crippen LogP contribution in [-0.2, 0) is 11.3 Å². The second kappa shape index (κ2) is 10.8. The monoisotopic (exact) mass is 492 g/mol. The molecule has 1 N–H and O–H groups in total. The Morgan fingerprint density at radius 2 is 1.97 bits per heavy atom. The number of allylic oxidation sites excluding steroid dienone is 1. The first-order chi connectivity index (χ1) is 15.7. The van der Waals surface area contributed by atoms with Gasteiger partial charge in [0.05, 0.1) is 11.4 Å². The molecule has 0 aliphatic heterocycles. The molecule has 1 amide bonds. The molecule has 0 radical (unpaired) electrons. The van der Waals surface area contributed by atoms with E-state index in [1.807, 2.05) is 32.9 Å². The molecule has 33 heavy (non-hydrogen) atoms. The van der Waals surface area contributed by atoms with Gasteiger partial charge in [0, 0.05) is 17.6 Å². The van der Waals surface area contributed by atoms with E-state index in [0.717, 1.165) is 29.0 Å². The minimum Gasteiger partial charge on any atom is -0.483 e. The number of carbonyl (C=O) groups is 1. The number of halogens is 3. The predicted molar refractivity (Wildman–Crippen MR) is 126 cm³/mol. The number of aryl methyl sites for hydroxylation is 2. The first kappa shape index (κ1) is 24.7. The molecule has 3 rings (SSSR count). The number of nitrogens with one attached hydrogen (secondary N) is 1. The van der Waals surface area contributed by atoms with Crippen LogP contribution in [0, 0.1) is 25.5 Å². The van der Waals surface area contributed by atoms with Crippen LogP contribution < -0.4 is 10.1 Å². The van der Waals surface area contributed by atoms with E-state index in [9.17, 15) is 13.6 Å². The average Bonchev–Trinajstić information content (AvgIpc) is 3.15. The topological polar surface area (TPSA) is 69.0 Å². The lowest BCUT2D eigenvalue weighted by atomic mass is 10.1. The third-order valence-electron chi connectivity index (χ3n) is 4.68. The molecule has 1 aromatic heterocycles. The van der Waals surface area contributed by atoms with Gasteiger partial charge in [-0.25, -0.2) is 8.78 Å². The van der Waals surface area contributed by atoms with Crippen molar-refractivity contribution in [1.82, 2.24) is 14.8 Å². The molecule has 0 aliphatic carbocycles. The van der Waals surface area contributed by atoms with Crippen LogP contribution in [0.3, 0.4) is 0 Å². The third kappa shape index (κ3) is 6.11. The second-order valence-corrected chi connectivity index (χ2v) is 8.65. The van der Waals surface area contributed by atoms with Gasteiger partial charge in [-0.05, 0) is 56.2 Å². The van der Waals surface area contributed by atoms with Gasteiger partial charge in [0.25, 0.3) is 0 Å². The maximum Gasteiger partial charge on any atom is 0.234 e. The summed E-state index contributed by atoms with van der Waals surface area (Å²) in [6, 6.07) is 6.67. The Morgan fingerprint density at radius 1 is 1.27 bits per heavy atom. The zero-order valence-corrected chi connectivity index (χ0v) is 19.9. The van der Waals surface area contributed by atoms with Gasteiger partial charge in [-0.3, -0.25) is 9.36 Å². The van der Waals surface area contributed by atoms with Crippen molar-refractivity contribution < 1.29 is 18.3 Å². The molecule has 0 spiro atoms. The number of hydrogen-bond donors (Lipinski definition) is 1. The molecule has 1 atom stereocenters. The Hall–Kier alpha value is -2.91. The number of amides is 1. The van der Waals surface area contributed by atoms with Crippen LogP contribution in [0.2, 0.25) is 5.02 Å². The third-order valence-corrected chi connectivity index (χ3v) is 6.24. The van der Waals surface area contributed by atoms with Crippen molar-refractivity contribution in [2.75, 3.05) is 11.1 Å². The lowest BCUT2D eigenvalue weighted by Gasteiger charge is -2.17. The van der Waals surface area contributed by atoms with Crippen LogP contribution in [0.5, 0.6) is 5.75 Å². The first-order valence-corrected chi connectivity index (χ1v) is 11.4. The summed E-state index contributed by atoms with van der Waals surface area (Å²) in [6.45, 7) is 9.84. The summed E-state index contributed by atoms with van der Waals surface area (Å²) in [5.41, 5.74) is 1.73. The van der Waals surface area contributed by atoms with Gasteiger partial charge < -0.3 is 10.1 Å². The minimum absolute atomic E-state index is 0.0447. The van der Waals surface area contributed by atoms with E-state index >= 15 is 0 Å². The summed E-state index contributed by atoms with van der Waals surface area (Å²) in [6.07, 6.45) is 1.25. The van der Waals surface area contributed by atoms with Gasteiger partial charge in [-0.15, -0.1) is 16.8 Å². The van der Waals surface area contributed by atoms with Crippen LogP contribution in [0.15, 0.2) is 48.1 Å². The van der Waals surface area contributed by atoms with Crippen molar-refractivity contribution in [2.24, 2.45) is 0 Å². The van der Waals surface area contributed by atoms with E-state index in [4.69, 9.17) is 16.3 Å². The van der Waals surface area contributed by atoms with E-state index in [1.54, 1.807) is 10.6 Å². The van der Waals surface area contributed by atoms with E-state index in [1.165, 1.54) is 6.07 Å². The zero-order chi connectivity index (χ0) is 24.1. The van der Waals surface area contributed by atoms with Gasteiger partial charge in [-0.1, -0.05) is 29.4 Å². The summed E-state index contributed by atoms with van der Waals surface area (Å²) in [4.78, 5) is 12.3. The van der Waals surface area contributed by atoms with E-state index < -0.39 is 23.6 Å². The molecule has 0 bridgehead atoms. The number of hydrogen-bond acceptors (Lipinski definition) is 5. The quantitative estimate of drug-likeness (QED) is 0.298. The van der Waals surface area contributed by atoms with E-state index in [-0.39, 0.29) is 11.4 Å². The number of thioether (sulfide) groups is 1. The standard InChI is InChI=1S/C23H23ClF2N4O2S/c1-5-8-30-22(15(4)32-17-9-13(2)21(24)14(3)10-17)28-29-23(30)33-12-20(31)27-19-7-6-16(25)11-18(19)26/h5-7,9-11,15H,1,8,12H2,2-4H3,(H,27,31). The molecule has 1 heterocycles. The maximum absolute atomic E-state index is 13.8. The highest BCUT2D eigenvalue weighted by Crippen LogP contribution is 2.30. The van der Waals surface area contributed by atoms with Crippen molar-refractivity contribution in [3.63, 3.8) is 0 Å². The molecular weight excluding hydrogens is 470 g/mol. The van der Waals surface area contributed by atoms with Crippen LogP contribution in [0.25, 0.3) is 0 Å². The number of nitrogens with zero attached hydrogens (tertiary/aromatic N) is 3. The number of ether oxygens (including phenoxy) is 1. The normalized spacial score (nSPS) is 11.8. The number of aromatic nitrogens is 3. The van der Waals surface area contributed by atoms with E-state index in [2.05, 4.69) is 22.1 Å². The van der Waals surface area contributed by atoms with Crippen molar-refractivity contribution in [3.05, 3.63) is 76.6 Å². The number of benzene rings is 2. The van der Waals surface area contributed by atoms with Crippen LogP contribution in [-0.4, -0.2) is 26.4 Å². The van der Waals surface area contributed by atoms with E-state index in [0.29, 0.717) is 34.4 Å². The Labute approximate surface area is 200 Å². The van der Waals surface area contributed by atoms with Gasteiger partial charge in [0.1, 0.15) is 17.4 Å². The van der Waals surface area contributed by atoms with Crippen LogP contribution >= 0.6 is 23.4 Å². The fourth-order valence-corrected chi connectivity index (χ4v) is 4.01. The van der Waals surface area contributed by atoms with Crippen LogP contribution in [0.4, 0.5) is 14.5 Å². The Kier molecular flexibility index (Phi) is 8.10. The summed E-state index contributed by atoms with van der Waals surface area (Å²) >= 11 is 7.37. The molecule has 10 heteroatoms. The SMILES string of the molecule is C=CCn1c(SCC(=O)Nc2ccc(F)cc2F)nnc1C(C)Oc1cc(C)c(Cl)c(C)c1. The van der Waals surface area contributed by atoms with Gasteiger partial charge >= 0.3 is 0 Å². The minimum atomic E-state index is -0.843. The van der Waals surface area contributed by atoms with Crippen molar-refractivity contribution in [3.8, 4) is 5.75 Å². The first-order valence-electron chi connectivity index (χ1n) is 10.0. The number of anilines is 1. The number of rotatable bonds is 9. The highest BCUT2D eigenvalue weighted by atomic mass is 35.5. The maximum atomic E-state index is 13.8. The fourth-order valence-electron chi connectivity index (χ4n) is 3.15. The van der Waals surface area contributed by atoms with Crippen molar-refractivity contribution in [1.29, 1.82) is 0 Å². The Bertz CT molecular complexity index is 1160. The lowest BCUT2D eigenvalue weighted by molar-refractivity contribution is -0.113. The molecule has 1 unspecified atom stereocenters. The predicted octanol–water partition coefficient (Wildman–Crippen LogP) is 5.88. The highest BCUT2D eigenvalue weighted by molar-refractivity contribution is 7.99. The molecule has 6 nitrogen and oxygen atoms in total. The molecule has 0 aliphatic rings. The average molecular weight is 493 g/mol. The van der Waals surface area contributed by atoms with Gasteiger partial charge in [0.2, 0.25) is 5.91 Å². The largest absolute Gasteiger partial charge is 0.483 e. The van der Waals surface area contributed by atoms with Crippen molar-refractivity contribution in [2.45, 2.75) is 38.6 Å².